The Morgan fingerprint density at radius 1 is 1.32 bits per heavy atom. The van der Waals surface area contributed by atoms with Crippen molar-refractivity contribution in [2.45, 2.75) is 19.3 Å². The molecule has 0 unspecified atom stereocenters. The molecular formula is C15H15FN2O3S. The van der Waals surface area contributed by atoms with Crippen molar-refractivity contribution in [3.05, 3.63) is 51.7 Å². The minimum Gasteiger partial charge on any atom is -0.481 e. The monoisotopic (exact) mass is 322 g/mol. The average Bonchev–Trinajstić information content (AvgIpc) is 2.94. The number of carboxylic acid groups (broad SMARTS) is 1. The van der Waals surface area contributed by atoms with Gasteiger partial charge >= 0.3 is 5.97 Å². The van der Waals surface area contributed by atoms with Crippen LogP contribution in [0.5, 0.6) is 0 Å². The maximum Gasteiger partial charge on any atom is 0.303 e. The molecule has 1 aromatic heterocycles. The largest absolute Gasteiger partial charge is 0.481 e. The van der Waals surface area contributed by atoms with Crippen LogP contribution < -0.4 is 5.32 Å². The Hall–Kier alpha value is -2.28. The van der Waals surface area contributed by atoms with Gasteiger partial charge in [-0.1, -0.05) is 18.2 Å². The normalized spacial score (nSPS) is 10.4. The summed E-state index contributed by atoms with van der Waals surface area (Å²) in [6.45, 7) is 0.283. The lowest BCUT2D eigenvalue weighted by atomic mass is 10.1. The van der Waals surface area contributed by atoms with Crippen molar-refractivity contribution in [3.8, 4) is 0 Å². The molecule has 0 aliphatic rings. The summed E-state index contributed by atoms with van der Waals surface area (Å²) in [4.78, 5) is 26.4. The fraction of sp³-hybridized carbons (Fsp3) is 0.267. The van der Waals surface area contributed by atoms with Crippen molar-refractivity contribution >= 4 is 23.2 Å². The quantitative estimate of drug-likeness (QED) is 0.768. The van der Waals surface area contributed by atoms with E-state index in [2.05, 4.69) is 10.3 Å². The van der Waals surface area contributed by atoms with Gasteiger partial charge in [-0.05, 0) is 18.1 Å². The molecule has 0 aliphatic heterocycles. The number of hydrogen-bond acceptors (Lipinski definition) is 4. The summed E-state index contributed by atoms with van der Waals surface area (Å²) >= 11 is 1.29. The predicted octanol–water partition coefficient (Wildman–Crippen LogP) is 2.47. The number of nitrogens with zero attached hydrogens (tertiary/aromatic N) is 1. The number of carbonyl (C=O) groups is 2. The second-order valence-corrected chi connectivity index (χ2v) is 5.59. The summed E-state index contributed by atoms with van der Waals surface area (Å²) in [6.07, 6.45) is 0.715. The van der Waals surface area contributed by atoms with E-state index in [9.17, 15) is 14.0 Å². The van der Waals surface area contributed by atoms with Crippen LogP contribution in [0.15, 0.2) is 29.6 Å². The molecule has 2 rings (SSSR count). The van der Waals surface area contributed by atoms with Crippen molar-refractivity contribution in [2.75, 3.05) is 6.54 Å². The molecule has 0 aliphatic carbocycles. The Bertz CT molecular complexity index is 672. The van der Waals surface area contributed by atoms with Gasteiger partial charge in [-0.2, -0.15) is 0 Å². The molecule has 1 aromatic carbocycles. The minimum atomic E-state index is -0.893. The van der Waals surface area contributed by atoms with Crippen LogP contribution in [0.1, 0.15) is 33.9 Å². The van der Waals surface area contributed by atoms with Crippen molar-refractivity contribution in [1.82, 2.24) is 10.3 Å². The lowest BCUT2D eigenvalue weighted by Crippen LogP contribution is -2.25. The molecule has 0 saturated carbocycles. The van der Waals surface area contributed by atoms with E-state index in [1.54, 1.807) is 23.6 Å². The molecule has 22 heavy (non-hydrogen) atoms. The summed E-state index contributed by atoms with van der Waals surface area (Å²) in [5.74, 6) is -1.53. The highest BCUT2D eigenvalue weighted by Crippen LogP contribution is 2.17. The summed E-state index contributed by atoms with van der Waals surface area (Å²) in [6, 6.07) is 6.44. The Morgan fingerprint density at radius 3 is 2.82 bits per heavy atom. The van der Waals surface area contributed by atoms with Gasteiger partial charge in [0.05, 0.1) is 5.01 Å². The van der Waals surface area contributed by atoms with Gasteiger partial charge in [0, 0.05) is 24.8 Å². The van der Waals surface area contributed by atoms with E-state index < -0.39 is 5.97 Å². The SMILES string of the molecule is O=C(O)CCCNC(=O)c1csc(Cc2ccccc2F)n1. The Morgan fingerprint density at radius 2 is 2.09 bits per heavy atom. The van der Waals surface area contributed by atoms with E-state index in [0.29, 0.717) is 23.4 Å². The number of aromatic nitrogens is 1. The van der Waals surface area contributed by atoms with Crippen LogP contribution in [0, 0.1) is 5.82 Å². The van der Waals surface area contributed by atoms with E-state index in [-0.39, 0.29) is 30.4 Å². The van der Waals surface area contributed by atoms with Crippen LogP contribution in [-0.4, -0.2) is 28.5 Å². The van der Waals surface area contributed by atoms with Gasteiger partial charge in [-0.3, -0.25) is 9.59 Å². The lowest BCUT2D eigenvalue weighted by molar-refractivity contribution is -0.137. The highest BCUT2D eigenvalue weighted by atomic mass is 32.1. The Kier molecular flexibility index (Phi) is 5.60. The first-order chi connectivity index (χ1) is 10.6. The number of halogens is 1. The van der Waals surface area contributed by atoms with Crippen molar-refractivity contribution in [2.24, 2.45) is 0 Å². The average molecular weight is 322 g/mol. The molecule has 0 bridgehead atoms. The number of amides is 1. The van der Waals surface area contributed by atoms with E-state index in [1.165, 1.54) is 17.4 Å². The summed E-state index contributed by atoms with van der Waals surface area (Å²) in [7, 11) is 0. The molecule has 2 N–H and O–H groups in total. The molecule has 116 valence electrons. The molecule has 0 saturated heterocycles. The molecule has 2 aromatic rings. The van der Waals surface area contributed by atoms with Crippen LogP contribution in [0.4, 0.5) is 4.39 Å². The molecule has 5 nitrogen and oxygen atoms in total. The predicted molar refractivity (Wildman–Crippen MR) is 80.5 cm³/mol. The van der Waals surface area contributed by atoms with Gasteiger partial charge in [0.1, 0.15) is 11.5 Å². The third-order valence-electron chi connectivity index (χ3n) is 2.94. The van der Waals surface area contributed by atoms with Crippen molar-refractivity contribution < 1.29 is 19.1 Å². The van der Waals surface area contributed by atoms with Crippen molar-refractivity contribution in [1.29, 1.82) is 0 Å². The fourth-order valence-electron chi connectivity index (χ4n) is 1.83. The molecule has 0 radical (unpaired) electrons. The first-order valence-corrected chi connectivity index (χ1v) is 7.62. The first kappa shape index (κ1) is 16.1. The number of thiazole rings is 1. The van der Waals surface area contributed by atoms with Gasteiger partial charge in [0.25, 0.3) is 5.91 Å². The van der Waals surface area contributed by atoms with Gasteiger partial charge < -0.3 is 10.4 Å². The molecule has 7 heteroatoms. The molecule has 1 heterocycles. The van der Waals surface area contributed by atoms with Gasteiger partial charge in [-0.25, -0.2) is 9.37 Å². The van der Waals surface area contributed by atoms with E-state index in [0.717, 1.165) is 0 Å². The number of hydrogen-bond donors (Lipinski definition) is 2. The highest BCUT2D eigenvalue weighted by Gasteiger charge is 2.12. The van der Waals surface area contributed by atoms with Gasteiger partial charge in [0.15, 0.2) is 0 Å². The summed E-state index contributed by atoms with van der Waals surface area (Å²) < 4.78 is 13.6. The third-order valence-corrected chi connectivity index (χ3v) is 3.79. The van der Waals surface area contributed by atoms with E-state index in [4.69, 9.17) is 5.11 Å². The standard InChI is InChI=1S/C15H15FN2O3S/c16-11-5-2-1-4-10(11)8-13-18-12(9-22-13)15(21)17-7-3-6-14(19)20/h1-2,4-5,9H,3,6-8H2,(H,17,21)(H,19,20). The number of nitrogens with one attached hydrogen (secondary N) is 1. The van der Waals surface area contributed by atoms with Crippen molar-refractivity contribution in [3.63, 3.8) is 0 Å². The topological polar surface area (TPSA) is 79.3 Å². The van der Waals surface area contributed by atoms with Gasteiger partial charge in [0.2, 0.25) is 0 Å². The Balaban J connectivity index is 1.89. The zero-order chi connectivity index (χ0) is 15.9. The van der Waals surface area contributed by atoms with E-state index >= 15 is 0 Å². The first-order valence-electron chi connectivity index (χ1n) is 6.74. The van der Waals surface area contributed by atoms with Crippen LogP contribution in [0.3, 0.4) is 0 Å². The summed E-state index contributed by atoms with van der Waals surface area (Å²) in [5.41, 5.74) is 0.803. The molecule has 1 amide bonds. The molecule has 0 fully saturated rings. The Labute approximate surface area is 130 Å². The third kappa shape index (κ3) is 4.63. The molecule has 0 spiro atoms. The maximum atomic E-state index is 13.6. The van der Waals surface area contributed by atoms with Crippen LogP contribution in [-0.2, 0) is 11.2 Å². The van der Waals surface area contributed by atoms with Crippen LogP contribution >= 0.6 is 11.3 Å². The molecule has 0 atom stereocenters. The number of benzene rings is 1. The smallest absolute Gasteiger partial charge is 0.303 e. The number of carbonyl (C=O) groups excluding carboxylic acids is 1. The second kappa shape index (κ2) is 7.65. The zero-order valence-corrected chi connectivity index (χ0v) is 12.5. The highest BCUT2D eigenvalue weighted by molar-refractivity contribution is 7.09. The fourth-order valence-corrected chi connectivity index (χ4v) is 2.63. The van der Waals surface area contributed by atoms with E-state index in [1.807, 2.05) is 0 Å². The number of aliphatic carboxylic acids is 1. The van der Waals surface area contributed by atoms with Crippen LogP contribution in [0.2, 0.25) is 0 Å². The second-order valence-electron chi connectivity index (χ2n) is 4.65. The minimum absolute atomic E-state index is 0.00980. The van der Waals surface area contributed by atoms with Crippen LogP contribution in [0.25, 0.3) is 0 Å². The molecular weight excluding hydrogens is 307 g/mol. The lowest BCUT2D eigenvalue weighted by Gasteiger charge is -2.01. The van der Waals surface area contributed by atoms with Gasteiger partial charge in [-0.15, -0.1) is 11.3 Å². The maximum absolute atomic E-state index is 13.6. The summed E-state index contributed by atoms with van der Waals surface area (Å²) in [5, 5.41) is 13.4. The number of rotatable bonds is 7. The number of carboxylic acids is 1. The zero-order valence-electron chi connectivity index (χ0n) is 11.7.